The monoisotopic (exact) mass is 399 g/mol. The third kappa shape index (κ3) is 3.85. The number of likely N-dealkylation sites (tertiary alicyclic amines) is 1. The largest absolute Gasteiger partial charge is 0.330 e. The number of pyridine rings is 1. The Balaban J connectivity index is 1.48. The maximum atomic E-state index is 12.8. The third-order valence-electron chi connectivity index (χ3n) is 5.29. The fourth-order valence-electron chi connectivity index (χ4n) is 3.59. The molecule has 1 aliphatic heterocycles. The number of imide groups is 1. The van der Waals surface area contributed by atoms with Crippen molar-refractivity contribution in [3.05, 3.63) is 84.1 Å². The standard InChI is InChI=1S/C24H21N3O3/c1-26(20-15-22(29)27(24(20)30)16-17-7-3-2-4-8-17)21(28)13-12-19-10-5-9-18-11-6-14-25-23(18)19/h2-14,20H,15-16H2,1H3/b13-12+. The van der Waals surface area contributed by atoms with Gasteiger partial charge in [-0.1, -0.05) is 54.6 Å². The van der Waals surface area contributed by atoms with Gasteiger partial charge < -0.3 is 4.90 Å². The van der Waals surface area contributed by atoms with Crippen LogP contribution in [0.1, 0.15) is 17.5 Å². The zero-order valence-electron chi connectivity index (χ0n) is 16.6. The summed E-state index contributed by atoms with van der Waals surface area (Å²) in [5.74, 6) is -0.952. The molecule has 1 fully saturated rings. The minimum atomic E-state index is -0.788. The first-order valence-electron chi connectivity index (χ1n) is 9.71. The SMILES string of the molecule is CN(C(=O)/C=C/c1cccc2cccnc12)C1CC(=O)N(Cc2ccccc2)C1=O. The highest BCUT2D eigenvalue weighted by atomic mass is 16.2. The Bertz CT molecular complexity index is 1140. The zero-order chi connectivity index (χ0) is 21.1. The number of carbonyl (C=O) groups excluding carboxylic acids is 3. The summed E-state index contributed by atoms with van der Waals surface area (Å²) < 4.78 is 0. The van der Waals surface area contributed by atoms with Gasteiger partial charge in [0.1, 0.15) is 6.04 Å². The van der Waals surface area contributed by atoms with Crippen LogP contribution in [-0.4, -0.2) is 45.6 Å². The number of aromatic nitrogens is 1. The molecule has 2 heterocycles. The van der Waals surface area contributed by atoms with Crippen LogP contribution >= 0.6 is 0 Å². The number of fused-ring (bicyclic) bond motifs is 1. The van der Waals surface area contributed by atoms with Crippen molar-refractivity contribution in [1.82, 2.24) is 14.8 Å². The molecule has 150 valence electrons. The highest BCUT2D eigenvalue weighted by molar-refractivity contribution is 6.07. The van der Waals surface area contributed by atoms with E-state index in [2.05, 4.69) is 4.98 Å². The summed E-state index contributed by atoms with van der Waals surface area (Å²) in [6.07, 6.45) is 4.81. The molecule has 0 saturated carbocycles. The molecule has 1 saturated heterocycles. The fraction of sp³-hybridized carbons (Fsp3) is 0.167. The van der Waals surface area contributed by atoms with E-state index in [4.69, 9.17) is 0 Å². The highest BCUT2D eigenvalue weighted by Crippen LogP contribution is 2.21. The number of hydrogen-bond donors (Lipinski definition) is 0. The first-order chi connectivity index (χ1) is 14.5. The average Bonchev–Trinajstić information content (AvgIpc) is 3.06. The van der Waals surface area contributed by atoms with Crippen LogP contribution in [0.25, 0.3) is 17.0 Å². The second kappa shape index (κ2) is 8.29. The Labute approximate surface area is 174 Å². The molecule has 6 nitrogen and oxygen atoms in total. The topological polar surface area (TPSA) is 70.6 Å². The van der Waals surface area contributed by atoms with Crippen LogP contribution < -0.4 is 0 Å². The van der Waals surface area contributed by atoms with Gasteiger partial charge in [0, 0.05) is 30.3 Å². The Morgan fingerprint density at radius 2 is 1.87 bits per heavy atom. The van der Waals surface area contributed by atoms with Crippen molar-refractivity contribution in [3.8, 4) is 0 Å². The second-order valence-corrected chi connectivity index (χ2v) is 7.23. The summed E-state index contributed by atoms with van der Waals surface area (Å²) in [6.45, 7) is 0.217. The predicted molar refractivity (Wildman–Crippen MR) is 114 cm³/mol. The minimum absolute atomic E-state index is 0.00241. The summed E-state index contributed by atoms with van der Waals surface area (Å²) in [7, 11) is 1.55. The Morgan fingerprint density at radius 1 is 1.10 bits per heavy atom. The van der Waals surface area contributed by atoms with E-state index in [0.717, 1.165) is 22.0 Å². The van der Waals surface area contributed by atoms with Crippen molar-refractivity contribution in [1.29, 1.82) is 0 Å². The van der Waals surface area contributed by atoms with Crippen LogP contribution in [0.2, 0.25) is 0 Å². The average molecular weight is 399 g/mol. The highest BCUT2D eigenvalue weighted by Gasteiger charge is 2.41. The van der Waals surface area contributed by atoms with Gasteiger partial charge in [0.05, 0.1) is 18.5 Å². The number of para-hydroxylation sites is 1. The third-order valence-corrected chi connectivity index (χ3v) is 5.29. The van der Waals surface area contributed by atoms with Gasteiger partial charge in [-0.05, 0) is 17.7 Å². The Kier molecular flexibility index (Phi) is 5.39. The molecule has 30 heavy (non-hydrogen) atoms. The lowest BCUT2D eigenvalue weighted by atomic mass is 10.1. The van der Waals surface area contributed by atoms with E-state index in [1.54, 1.807) is 19.3 Å². The van der Waals surface area contributed by atoms with Crippen molar-refractivity contribution in [2.24, 2.45) is 0 Å². The van der Waals surface area contributed by atoms with Gasteiger partial charge in [0.15, 0.2) is 0 Å². The molecule has 4 rings (SSSR count). The predicted octanol–water partition coefficient (Wildman–Crippen LogP) is 3.03. The fourth-order valence-corrected chi connectivity index (χ4v) is 3.59. The minimum Gasteiger partial charge on any atom is -0.330 e. The number of benzene rings is 2. The van der Waals surface area contributed by atoms with E-state index in [1.807, 2.05) is 60.7 Å². The van der Waals surface area contributed by atoms with Crippen LogP contribution in [-0.2, 0) is 20.9 Å². The van der Waals surface area contributed by atoms with Gasteiger partial charge in [-0.2, -0.15) is 0 Å². The van der Waals surface area contributed by atoms with Crippen LogP contribution in [0.5, 0.6) is 0 Å². The molecule has 0 bridgehead atoms. The molecule has 1 unspecified atom stereocenters. The first-order valence-corrected chi connectivity index (χ1v) is 9.71. The summed E-state index contributed by atoms with van der Waals surface area (Å²) in [4.78, 5) is 44.8. The van der Waals surface area contributed by atoms with E-state index in [9.17, 15) is 14.4 Å². The lowest BCUT2D eigenvalue weighted by molar-refractivity contribution is -0.142. The van der Waals surface area contributed by atoms with E-state index < -0.39 is 6.04 Å². The van der Waals surface area contributed by atoms with Crippen LogP contribution in [0, 0.1) is 0 Å². The van der Waals surface area contributed by atoms with E-state index in [1.165, 1.54) is 15.9 Å². The van der Waals surface area contributed by atoms with E-state index in [0.29, 0.717) is 0 Å². The first kappa shape index (κ1) is 19.5. The lowest BCUT2D eigenvalue weighted by Crippen LogP contribution is -2.42. The molecule has 3 amide bonds. The van der Waals surface area contributed by atoms with Crippen LogP contribution in [0.4, 0.5) is 0 Å². The van der Waals surface area contributed by atoms with Crippen LogP contribution in [0.3, 0.4) is 0 Å². The van der Waals surface area contributed by atoms with Gasteiger partial charge in [-0.3, -0.25) is 24.3 Å². The molecule has 1 aromatic heterocycles. The summed E-state index contributed by atoms with van der Waals surface area (Å²) in [5, 5.41) is 0.980. The van der Waals surface area contributed by atoms with Crippen molar-refractivity contribution in [3.63, 3.8) is 0 Å². The number of rotatable bonds is 5. The number of hydrogen-bond acceptors (Lipinski definition) is 4. The van der Waals surface area contributed by atoms with Crippen molar-refractivity contribution in [2.45, 2.75) is 19.0 Å². The number of nitrogens with zero attached hydrogens (tertiary/aromatic N) is 3. The van der Waals surface area contributed by atoms with Gasteiger partial charge in [-0.15, -0.1) is 0 Å². The lowest BCUT2D eigenvalue weighted by Gasteiger charge is -2.22. The van der Waals surface area contributed by atoms with Crippen molar-refractivity contribution in [2.75, 3.05) is 7.05 Å². The zero-order valence-corrected chi connectivity index (χ0v) is 16.6. The summed E-state index contributed by atoms with van der Waals surface area (Å²) >= 11 is 0. The second-order valence-electron chi connectivity index (χ2n) is 7.23. The quantitative estimate of drug-likeness (QED) is 0.488. The van der Waals surface area contributed by atoms with Crippen LogP contribution in [0.15, 0.2) is 72.9 Å². The molecular formula is C24H21N3O3. The molecule has 0 radical (unpaired) electrons. The molecule has 2 aromatic carbocycles. The van der Waals surface area contributed by atoms with Gasteiger partial charge in [-0.25, -0.2) is 0 Å². The van der Waals surface area contributed by atoms with Crippen molar-refractivity contribution >= 4 is 34.7 Å². The number of likely N-dealkylation sites (N-methyl/N-ethyl adjacent to an activating group) is 1. The smallest absolute Gasteiger partial charge is 0.252 e. The van der Waals surface area contributed by atoms with E-state index >= 15 is 0 Å². The molecule has 6 heteroatoms. The summed E-state index contributed by atoms with van der Waals surface area (Å²) in [6, 6.07) is 18.1. The Morgan fingerprint density at radius 3 is 2.67 bits per heavy atom. The molecule has 1 atom stereocenters. The van der Waals surface area contributed by atoms with E-state index in [-0.39, 0.29) is 30.7 Å². The maximum absolute atomic E-state index is 12.8. The molecule has 1 aliphatic rings. The van der Waals surface area contributed by atoms with Gasteiger partial charge in [0.2, 0.25) is 11.8 Å². The molecule has 0 spiro atoms. The maximum Gasteiger partial charge on any atom is 0.252 e. The van der Waals surface area contributed by atoms with Gasteiger partial charge >= 0.3 is 0 Å². The molecule has 3 aromatic rings. The van der Waals surface area contributed by atoms with Crippen molar-refractivity contribution < 1.29 is 14.4 Å². The Hall–Kier alpha value is -3.80. The summed E-state index contributed by atoms with van der Waals surface area (Å²) in [5.41, 5.74) is 2.49. The molecule has 0 N–H and O–H groups in total. The number of carbonyl (C=O) groups is 3. The van der Waals surface area contributed by atoms with Gasteiger partial charge in [0.25, 0.3) is 5.91 Å². The molecule has 0 aliphatic carbocycles. The normalized spacial score (nSPS) is 16.6. The molecular weight excluding hydrogens is 378 g/mol. The number of amides is 3.